The fraction of sp³-hybridized carbons (Fsp3) is 0.455. The third-order valence-corrected chi connectivity index (χ3v) is 3.33. The zero-order chi connectivity index (χ0) is 8.93. The average Bonchev–Trinajstić information content (AvgIpc) is 2.21. The van der Waals surface area contributed by atoms with Crippen LogP contribution in [0.15, 0.2) is 35.2 Å². The van der Waals surface area contributed by atoms with Crippen molar-refractivity contribution >= 4 is 11.8 Å². The second-order valence-corrected chi connectivity index (χ2v) is 4.46. The molecule has 2 heteroatoms. The van der Waals surface area contributed by atoms with Crippen LogP contribution in [0.2, 0.25) is 0 Å². The molecule has 1 aliphatic heterocycles. The predicted octanol–water partition coefficient (Wildman–Crippen LogP) is 3.31. The molecule has 0 radical (unpaired) electrons. The van der Waals surface area contributed by atoms with Gasteiger partial charge in [-0.25, -0.2) is 0 Å². The van der Waals surface area contributed by atoms with Crippen molar-refractivity contribution in [2.45, 2.75) is 29.6 Å². The van der Waals surface area contributed by atoms with E-state index in [2.05, 4.69) is 24.3 Å². The first kappa shape index (κ1) is 9.10. The molecule has 0 N–H and O–H groups in total. The van der Waals surface area contributed by atoms with Crippen molar-refractivity contribution in [3.63, 3.8) is 0 Å². The van der Waals surface area contributed by atoms with E-state index in [0.717, 1.165) is 6.61 Å². The first-order valence-corrected chi connectivity index (χ1v) is 5.66. The Morgan fingerprint density at radius 2 is 2.00 bits per heavy atom. The van der Waals surface area contributed by atoms with Crippen LogP contribution in [0.4, 0.5) is 0 Å². The minimum atomic E-state index is 0.385. The molecule has 0 aliphatic carbocycles. The molecule has 70 valence electrons. The zero-order valence-corrected chi connectivity index (χ0v) is 8.43. The summed E-state index contributed by atoms with van der Waals surface area (Å²) in [5.41, 5.74) is 0.385. The Bertz CT molecular complexity index is 242. The van der Waals surface area contributed by atoms with Crippen LogP contribution in [0, 0.1) is 0 Å². The molecular weight excluding hydrogens is 180 g/mol. The zero-order valence-electron chi connectivity index (χ0n) is 7.61. The highest BCUT2D eigenvalue weighted by Crippen LogP contribution is 2.29. The van der Waals surface area contributed by atoms with E-state index < -0.39 is 0 Å². The molecule has 0 spiro atoms. The minimum Gasteiger partial charge on any atom is -0.367 e. The first-order chi connectivity index (χ1) is 6.45. The molecule has 0 bridgehead atoms. The van der Waals surface area contributed by atoms with Crippen LogP contribution in [0.1, 0.15) is 19.3 Å². The van der Waals surface area contributed by atoms with Gasteiger partial charge in [0, 0.05) is 11.5 Å². The first-order valence-electron chi connectivity index (χ1n) is 4.78. The predicted molar refractivity (Wildman–Crippen MR) is 55.9 cm³/mol. The van der Waals surface area contributed by atoms with E-state index in [-0.39, 0.29) is 0 Å². The number of hydrogen-bond donors (Lipinski definition) is 0. The lowest BCUT2D eigenvalue weighted by molar-refractivity contribution is 0.0728. The van der Waals surface area contributed by atoms with Crippen molar-refractivity contribution < 1.29 is 4.74 Å². The Balaban J connectivity index is 1.90. The smallest absolute Gasteiger partial charge is 0.107 e. The van der Waals surface area contributed by atoms with Crippen molar-refractivity contribution in [1.29, 1.82) is 0 Å². The quantitative estimate of drug-likeness (QED) is 0.714. The molecule has 1 aromatic carbocycles. The summed E-state index contributed by atoms with van der Waals surface area (Å²) in [7, 11) is 0. The van der Waals surface area contributed by atoms with E-state index in [4.69, 9.17) is 4.74 Å². The van der Waals surface area contributed by atoms with Crippen LogP contribution in [-0.2, 0) is 4.74 Å². The van der Waals surface area contributed by atoms with Gasteiger partial charge in [-0.3, -0.25) is 0 Å². The third kappa shape index (κ3) is 2.75. The van der Waals surface area contributed by atoms with Gasteiger partial charge in [0.05, 0.1) is 0 Å². The van der Waals surface area contributed by atoms with Gasteiger partial charge in [0.15, 0.2) is 0 Å². The van der Waals surface area contributed by atoms with Crippen molar-refractivity contribution in [2.24, 2.45) is 0 Å². The molecule has 1 heterocycles. The summed E-state index contributed by atoms with van der Waals surface area (Å²) in [5, 5.41) is 0. The Morgan fingerprint density at radius 1 is 1.15 bits per heavy atom. The minimum absolute atomic E-state index is 0.385. The lowest BCUT2D eigenvalue weighted by Crippen LogP contribution is -2.14. The molecule has 2 rings (SSSR count). The summed E-state index contributed by atoms with van der Waals surface area (Å²) in [4.78, 5) is 1.31. The van der Waals surface area contributed by atoms with E-state index in [1.807, 2.05) is 17.8 Å². The monoisotopic (exact) mass is 194 g/mol. The van der Waals surface area contributed by atoms with Crippen LogP contribution in [-0.4, -0.2) is 12.0 Å². The topological polar surface area (TPSA) is 9.23 Å². The normalized spacial score (nSPS) is 22.9. The molecule has 1 saturated heterocycles. The van der Waals surface area contributed by atoms with Crippen LogP contribution < -0.4 is 0 Å². The Morgan fingerprint density at radius 3 is 2.69 bits per heavy atom. The van der Waals surface area contributed by atoms with E-state index in [9.17, 15) is 0 Å². The molecule has 1 atom stereocenters. The number of benzene rings is 1. The summed E-state index contributed by atoms with van der Waals surface area (Å²) < 4.78 is 5.64. The van der Waals surface area contributed by atoms with Crippen molar-refractivity contribution in [3.8, 4) is 0 Å². The molecule has 1 fully saturated rings. The van der Waals surface area contributed by atoms with Crippen LogP contribution >= 0.6 is 11.8 Å². The van der Waals surface area contributed by atoms with Gasteiger partial charge in [-0.15, -0.1) is 0 Å². The largest absolute Gasteiger partial charge is 0.367 e. The molecule has 1 aliphatic rings. The van der Waals surface area contributed by atoms with Crippen LogP contribution in [0.3, 0.4) is 0 Å². The highest BCUT2D eigenvalue weighted by atomic mass is 32.2. The van der Waals surface area contributed by atoms with Crippen LogP contribution in [0.25, 0.3) is 0 Å². The highest BCUT2D eigenvalue weighted by Gasteiger charge is 2.14. The summed E-state index contributed by atoms with van der Waals surface area (Å²) in [6.45, 7) is 0.935. The highest BCUT2D eigenvalue weighted by molar-refractivity contribution is 7.99. The summed E-state index contributed by atoms with van der Waals surface area (Å²) in [5.74, 6) is 0. The second kappa shape index (κ2) is 4.68. The fourth-order valence-corrected chi connectivity index (χ4v) is 2.52. The molecule has 1 nitrogen and oxygen atoms in total. The van der Waals surface area contributed by atoms with Gasteiger partial charge in [0.1, 0.15) is 5.44 Å². The summed E-state index contributed by atoms with van der Waals surface area (Å²) >= 11 is 1.84. The maximum Gasteiger partial charge on any atom is 0.107 e. The molecule has 13 heavy (non-hydrogen) atoms. The van der Waals surface area contributed by atoms with Gasteiger partial charge < -0.3 is 4.74 Å². The number of thioether (sulfide) groups is 1. The molecule has 0 unspecified atom stereocenters. The summed E-state index contributed by atoms with van der Waals surface area (Å²) in [6, 6.07) is 10.5. The van der Waals surface area contributed by atoms with E-state index >= 15 is 0 Å². The molecule has 1 aromatic rings. The lowest BCUT2D eigenvalue weighted by Gasteiger charge is -2.21. The molecule has 0 aromatic heterocycles. The molecule has 0 amide bonds. The Labute approximate surface area is 83.5 Å². The SMILES string of the molecule is c1ccc(S[C@@H]2CCCCO2)cc1. The number of hydrogen-bond acceptors (Lipinski definition) is 2. The van der Waals surface area contributed by atoms with E-state index in [1.54, 1.807) is 0 Å². The van der Waals surface area contributed by atoms with Gasteiger partial charge in [0.2, 0.25) is 0 Å². The van der Waals surface area contributed by atoms with E-state index in [1.165, 1.54) is 24.2 Å². The van der Waals surface area contributed by atoms with Gasteiger partial charge >= 0.3 is 0 Å². The molecular formula is C11H14OS. The maximum absolute atomic E-state index is 5.64. The van der Waals surface area contributed by atoms with Gasteiger partial charge in [-0.2, -0.15) is 0 Å². The van der Waals surface area contributed by atoms with E-state index in [0.29, 0.717) is 5.44 Å². The maximum atomic E-state index is 5.64. The third-order valence-electron chi connectivity index (χ3n) is 2.15. The van der Waals surface area contributed by atoms with Crippen molar-refractivity contribution in [1.82, 2.24) is 0 Å². The summed E-state index contributed by atoms with van der Waals surface area (Å²) in [6.07, 6.45) is 3.73. The van der Waals surface area contributed by atoms with Gasteiger partial charge in [-0.05, 0) is 31.4 Å². The van der Waals surface area contributed by atoms with Gasteiger partial charge in [-0.1, -0.05) is 30.0 Å². The van der Waals surface area contributed by atoms with Crippen LogP contribution in [0.5, 0.6) is 0 Å². The average molecular weight is 194 g/mol. The Kier molecular flexibility index (Phi) is 3.27. The van der Waals surface area contributed by atoms with Gasteiger partial charge in [0.25, 0.3) is 0 Å². The number of rotatable bonds is 2. The lowest BCUT2D eigenvalue weighted by atomic mass is 10.2. The van der Waals surface area contributed by atoms with Crippen molar-refractivity contribution in [2.75, 3.05) is 6.61 Å². The molecule has 0 saturated carbocycles. The standard InChI is InChI=1S/C11H14OS/c1-2-6-10(7-3-1)13-11-8-4-5-9-12-11/h1-3,6-7,11H,4-5,8-9H2/t11-/m1/s1. The second-order valence-electron chi connectivity index (χ2n) is 3.23. The Hall–Kier alpha value is -0.470. The van der Waals surface area contributed by atoms with Crippen molar-refractivity contribution in [3.05, 3.63) is 30.3 Å². The fourth-order valence-electron chi connectivity index (χ4n) is 1.45. The number of ether oxygens (including phenoxy) is 1.